The van der Waals surface area contributed by atoms with Gasteiger partial charge in [-0.3, -0.25) is 9.78 Å². The number of aromatic nitrogens is 3. The molecule has 0 aromatic carbocycles. The Morgan fingerprint density at radius 3 is 2.89 bits per heavy atom. The third kappa shape index (κ3) is 3.72. The number of nitrogens with zero attached hydrogens (tertiary/aromatic N) is 3. The van der Waals surface area contributed by atoms with E-state index in [9.17, 15) is 4.79 Å². The summed E-state index contributed by atoms with van der Waals surface area (Å²) in [6.45, 7) is 2.50. The number of hydrogen-bond donors (Lipinski definition) is 2. The van der Waals surface area contributed by atoms with Gasteiger partial charge in [0.1, 0.15) is 11.5 Å². The molecule has 2 N–H and O–H groups in total. The zero-order valence-electron chi connectivity index (χ0n) is 10.8. The zero-order chi connectivity index (χ0) is 13.7. The Balaban J connectivity index is 1.87. The average Bonchev–Trinajstić information content (AvgIpc) is 2.84. The topological polar surface area (TPSA) is 79.8 Å². The first-order chi connectivity index (χ1) is 9.19. The van der Waals surface area contributed by atoms with E-state index < -0.39 is 0 Å². The van der Waals surface area contributed by atoms with Crippen LogP contribution in [0.5, 0.6) is 0 Å². The van der Waals surface area contributed by atoms with Crippen LogP contribution in [0, 0.1) is 6.92 Å². The van der Waals surface area contributed by atoms with Gasteiger partial charge in [0.25, 0.3) is 5.91 Å². The highest BCUT2D eigenvalue weighted by Gasteiger charge is 2.08. The van der Waals surface area contributed by atoms with Crippen LogP contribution in [-0.2, 0) is 6.42 Å². The second-order valence-electron chi connectivity index (χ2n) is 3.90. The third-order valence-electron chi connectivity index (χ3n) is 2.46. The Labute approximate surface area is 115 Å². The molecular weight excluding hydrogens is 262 g/mol. The summed E-state index contributed by atoms with van der Waals surface area (Å²) in [5, 5.41) is 8.69. The SMILES string of the molecule is CNc1cncc(C(=O)NCCc2csc(C)n2)n1. The molecule has 0 aliphatic heterocycles. The van der Waals surface area contributed by atoms with Crippen LogP contribution in [0.4, 0.5) is 5.82 Å². The highest BCUT2D eigenvalue weighted by atomic mass is 32.1. The number of amides is 1. The molecule has 2 aromatic rings. The summed E-state index contributed by atoms with van der Waals surface area (Å²) in [6.07, 6.45) is 3.73. The van der Waals surface area contributed by atoms with Crippen molar-refractivity contribution >= 4 is 23.1 Å². The average molecular weight is 277 g/mol. The number of rotatable bonds is 5. The minimum atomic E-state index is -0.225. The van der Waals surface area contributed by atoms with Crippen molar-refractivity contribution in [1.82, 2.24) is 20.3 Å². The van der Waals surface area contributed by atoms with Crippen molar-refractivity contribution in [2.75, 3.05) is 18.9 Å². The Bertz CT molecular complexity index is 569. The van der Waals surface area contributed by atoms with E-state index >= 15 is 0 Å². The Hall–Kier alpha value is -2.02. The van der Waals surface area contributed by atoms with E-state index in [4.69, 9.17) is 0 Å². The molecule has 0 bridgehead atoms. The van der Waals surface area contributed by atoms with Crippen LogP contribution in [0.3, 0.4) is 0 Å². The molecule has 0 spiro atoms. The molecule has 0 aliphatic carbocycles. The molecule has 0 saturated carbocycles. The van der Waals surface area contributed by atoms with E-state index in [0.717, 1.165) is 17.1 Å². The van der Waals surface area contributed by atoms with Gasteiger partial charge in [0, 0.05) is 25.4 Å². The maximum Gasteiger partial charge on any atom is 0.271 e. The highest BCUT2D eigenvalue weighted by Crippen LogP contribution is 2.08. The lowest BCUT2D eigenvalue weighted by Gasteiger charge is -2.04. The van der Waals surface area contributed by atoms with Gasteiger partial charge in [0.15, 0.2) is 0 Å². The predicted octanol–water partition coefficient (Wildman–Crippen LogP) is 1.26. The van der Waals surface area contributed by atoms with Crippen molar-refractivity contribution < 1.29 is 4.79 Å². The fourth-order valence-corrected chi connectivity index (χ4v) is 2.16. The summed E-state index contributed by atoms with van der Waals surface area (Å²) < 4.78 is 0. The van der Waals surface area contributed by atoms with Gasteiger partial charge in [-0.15, -0.1) is 11.3 Å². The molecular formula is C12H15N5OS. The summed E-state index contributed by atoms with van der Waals surface area (Å²) in [5.41, 5.74) is 1.30. The van der Waals surface area contributed by atoms with Crippen molar-refractivity contribution in [3.8, 4) is 0 Å². The molecule has 0 radical (unpaired) electrons. The summed E-state index contributed by atoms with van der Waals surface area (Å²) >= 11 is 1.61. The molecule has 2 rings (SSSR count). The van der Waals surface area contributed by atoms with Crippen molar-refractivity contribution in [2.45, 2.75) is 13.3 Å². The summed E-state index contributed by atoms with van der Waals surface area (Å²) in [6, 6.07) is 0. The second kappa shape index (κ2) is 6.24. The van der Waals surface area contributed by atoms with Crippen molar-refractivity contribution in [3.05, 3.63) is 34.2 Å². The van der Waals surface area contributed by atoms with Crippen LogP contribution in [0.15, 0.2) is 17.8 Å². The van der Waals surface area contributed by atoms with Crippen LogP contribution in [-0.4, -0.2) is 34.5 Å². The predicted molar refractivity (Wildman–Crippen MR) is 74.5 cm³/mol. The van der Waals surface area contributed by atoms with Crippen molar-refractivity contribution in [3.63, 3.8) is 0 Å². The lowest BCUT2D eigenvalue weighted by atomic mass is 10.3. The first-order valence-corrected chi connectivity index (χ1v) is 6.76. The number of thiazole rings is 1. The van der Waals surface area contributed by atoms with Crippen molar-refractivity contribution in [2.24, 2.45) is 0 Å². The number of carbonyl (C=O) groups is 1. The van der Waals surface area contributed by atoms with Crippen LogP contribution < -0.4 is 10.6 Å². The zero-order valence-corrected chi connectivity index (χ0v) is 11.6. The van der Waals surface area contributed by atoms with Crippen LogP contribution in [0.1, 0.15) is 21.2 Å². The lowest BCUT2D eigenvalue weighted by molar-refractivity contribution is 0.0949. The number of nitrogens with one attached hydrogen (secondary N) is 2. The molecule has 0 saturated heterocycles. The van der Waals surface area contributed by atoms with E-state index in [2.05, 4.69) is 25.6 Å². The summed E-state index contributed by atoms with van der Waals surface area (Å²) in [4.78, 5) is 24.3. The second-order valence-corrected chi connectivity index (χ2v) is 4.97. The molecule has 0 aliphatic rings. The fraction of sp³-hybridized carbons (Fsp3) is 0.333. The monoisotopic (exact) mass is 277 g/mol. The smallest absolute Gasteiger partial charge is 0.271 e. The molecule has 0 atom stereocenters. The molecule has 0 fully saturated rings. The Morgan fingerprint density at radius 2 is 2.21 bits per heavy atom. The van der Waals surface area contributed by atoms with Gasteiger partial charge >= 0.3 is 0 Å². The van der Waals surface area contributed by atoms with Gasteiger partial charge in [-0.1, -0.05) is 0 Å². The van der Waals surface area contributed by atoms with E-state index in [0.29, 0.717) is 18.1 Å². The third-order valence-corrected chi connectivity index (χ3v) is 3.28. The molecule has 7 heteroatoms. The standard InChI is InChI=1S/C12H15N5OS/c1-8-16-9(7-19-8)3-4-15-12(18)10-5-14-6-11(13-2)17-10/h5-7H,3-4H2,1-2H3,(H,13,17)(H,15,18). The first kappa shape index (κ1) is 13.4. The van der Waals surface area contributed by atoms with E-state index in [1.54, 1.807) is 24.6 Å². The van der Waals surface area contributed by atoms with Crippen LogP contribution >= 0.6 is 11.3 Å². The quantitative estimate of drug-likeness (QED) is 0.860. The summed E-state index contributed by atoms with van der Waals surface area (Å²) in [7, 11) is 1.73. The van der Waals surface area contributed by atoms with Crippen LogP contribution in [0.2, 0.25) is 0 Å². The molecule has 2 heterocycles. The highest BCUT2D eigenvalue weighted by molar-refractivity contribution is 7.09. The Morgan fingerprint density at radius 1 is 1.37 bits per heavy atom. The Kier molecular flexibility index (Phi) is 4.40. The fourth-order valence-electron chi connectivity index (χ4n) is 1.51. The normalized spacial score (nSPS) is 10.2. The minimum absolute atomic E-state index is 0.225. The van der Waals surface area contributed by atoms with Gasteiger partial charge in [-0.05, 0) is 6.92 Å². The molecule has 100 valence electrons. The first-order valence-electron chi connectivity index (χ1n) is 5.88. The van der Waals surface area contributed by atoms with Gasteiger partial charge in [-0.25, -0.2) is 9.97 Å². The van der Waals surface area contributed by atoms with Crippen LogP contribution in [0.25, 0.3) is 0 Å². The van der Waals surface area contributed by atoms with Gasteiger partial charge < -0.3 is 10.6 Å². The lowest BCUT2D eigenvalue weighted by Crippen LogP contribution is -2.27. The number of hydrogen-bond acceptors (Lipinski definition) is 6. The van der Waals surface area contributed by atoms with E-state index in [1.807, 2.05) is 12.3 Å². The number of anilines is 1. The molecule has 19 heavy (non-hydrogen) atoms. The van der Waals surface area contributed by atoms with Crippen molar-refractivity contribution in [1.29, 1.82) is 0 Å². The number of carbonyl (C=O) groups excluding carboxylic acids is 1. The van der Waals surface area contributed by atoms with Gasteiger partial charge in [-0.2, -0.15) is 0 Å². The molecule has 0 unspecified atom stereocenters. The maximum absolute atomic E-state index is 11.8. The van der Waals surface area contributed by atoms with Gasteiger partial charge in [0.05, 0.1) is 23.1 Å². The molecule has 2 aromatic heterocycles. The largest absolute Gasteiger partial charge is 0.372 e. The van der Waals surface area contributed by atoms with E-state index in [1.165, 1.54) is 6.20 Å². The number of aryl methyl sites for hydroxylation is 1. The maximum atomic E-state index is 11.8. The van der Waals surface area contributed by atoms with E-state index in [-0.39, 0.29) is 5.91 Å². The molecule has 6 nitrogen and oxygen atoms in total. The van der Waals surface area contributed by atoms with Gasteiger partial charge in [0.2, 0.25) is 0 Å². The summed E-state index contributed by atoms with van der Waals surface area (Å²) in [5.74, 6) is 0.347. The molecule has 1 amide bonds. The minimum Gasteiger partial charge on any atom is -0.372 e.